The second kappa shape index (κ2) is 7.02. The molecule has 1 fully saturated rings. The average Bonchev–Trinajstić information content (AvgIpc) is 2.48. The van der Waals surface area contributed by atoms with Crippen LogP contribution in [0.1, 0.15) is 23.7 Å². The number of rotatable bonds is 4. The highest BCUT2D eigenvalue weighted by Crippen LogP contribution is 2.23. The molecule has 0 spiro atoms. The Morgan fingerprint density at radius 1 is 1.38 bits per heavy atom. The first-order chi connectivity index (χ1) is 9.99. The monoisotopic (exact) mass is 293 g/mol. The van der Waals surface area contributed by atoms with Crippen LogP contribution < -0.4 is 0 Å². The van der Waals surface area contributed by atoms with Crippen molar-refractivity contribution < 1.29 is 19.4 Å². The van der Waals surface area contributed by atoms with E-state index in [0.29, 0.717) is 12.0 Å². The van der Waals surface area contributed by atoms with Crippen LogP contribution in [0.25, 0.3) is 0 Å². The third kappa shape index (κ3) is 4.03. The summed E-state index contributed by atoms with van der Waals surface area (Å²) in [4.78, 5) is 13.9. The number of nitrogens with zero attached hydrogens (tertiary/aromatic N) is 1. The van der Waals surface area contributed by atoms with Crippen molar-refractivity contribution in [1.82, 2.24) is 4.90 Å². The van der Waals surface area contributed by atoms with E-state index in [-0.39, 0.29) is 30.8 Å². The Morgan fingerprint density at radius 2 is 2.05 bits per heavy atom. The number of hydrogen-bond donors (Lipinski definition) is 1. The molecule has 1 aliphatic heterocycles. The van der Waals surface area contributed by atoms with Gasteiger partial charge in [-0.2, -0.15) is 0 Å². The van der Waals surface area contributed by atoms with Gasteiger partial charge in [-0.15, -0.1) is 0 Å². The second-order valence-corrected chi connectivity index (χ2v) is 5.68. The Kier molecular flexibility index (Phi) is 5.33. The first kappa shape index (κ1) is 15.9. The molecular weight excluding hydrogens is 270 g/mol. The van der Waals surface area contributed by atoms with Crippen LogP contribution in [0.15, 0.2) is 30.3 Å². The van der Waals surface area contributed by atoms with E-state index in [9.17, 15) is 9.90 Å². The maximum atomic E-state index is 11.9. The smallest absolute Gasteiger partial charge is 0.338 e. The third-order valence-corrected chi connectivity index (χ3v) is 3.86. The predicted molar refractivity (Wildman–Crippen MR) is 79.2 cm³/mol. The summed E-state index contributed by atoms with van der Waals surface area (Å²) in [5.41, 5.74) is 0.533. The summed E-state index contributed by atoms with van der Waals surface area (Å²) >= 11 is 0. The number of benzene rings is 1. The molecule has 2 unspecified atom stereocenters. The Labute approximate surface area is 125 Å². The van der Waals surface area contributed by atoms with Crippen molar-refractivity contribution in [3.05, 3.63) is 35.9 Å². The molecule has 1 N–H and O–H groups in total. The largest absolute Gasteiger partial charge is 0.459 e. The van der Waals surface area contributed by atoms with Gasteiger partial charge in [0, 0.05) is 6.04 Å². The van der Waals surface area contributed by atoms with Gasteiger partial charge in [0.25, 0.3) is 0 Å². The molecule has 0 aromatic heterocycles. The molecule has 1 aromatic carbocycles. The first-order valence-corrected chi connectivity index (χ1v) is 7.21. The molecule has 0 bridgehead atoms. The molecule has 0 radical (unpaired) electrons. The Hall–Kier alpha value is -1.43. The molecule has 5 nitrogen and oxygen atoms in total. The maximum absolute atomic E-state index is 11.9. The molecule has 5 heteroatoms. The van der Waals surface area contributed by atoms with E-state index < -0.39 is 6.10 Å². The zero-order chi connectivity index (χ0) is 15.4. The molecule has 1 saturated heterocycles. The Balaban J connectivity index is 1.90. The van der Waals surface area contributed by atoms with Gasteiger partial charge >= 0.3 is 5.97 Å². The van der Waals surface area contributed by atoms with Crippen molar-refractivity contribution >= 4 is 5.97 Å². The first-order valence-electron chi connectivity index (χ1n) is 7.21. The van der Waals surface area contributed by atoms with Crippen molar-refractivity contribution in [2.75, 3.05) is 20.7 Å². The lowest BCUT2D eigenvalue weighted by Crippen LogP contribution is -2.53. The molecule has 1 aromatic rings. The number of esters is 1. The van der Waals surface area contributed by atoms with Gasteiger partial charge < -0.3 is 19.5 Å². The van der Waals surface area contributed by atoms with Crippen molar-refractivity contribution in [1.29, 1.82) is 0 Å². The summed E-state index contributed by atoms with van der Waals surface area (Å²) < 4.78 is 11.0. The number of carbonyl (C=O) groups excluding carboxylic acids is 1. The van der Waals surface area contributed by atoms with Crippen molar-refractivity contribution in [2.24, 2.45) is 0 Å². The summed E-state index contributed by atoms with van der Waals surface area (Å²) in [5, 5.41) is 10.1. The SMILES string of the molecule is C[C@@H]1O[C@H](COC(=O)c2ccccc2)CC(N(C)C)C1O. The minimum absolute atomic E-state index is 0.00850. The number of ether oxygens (including phenoxy) is 2. The second-order valence-electron chi connectivity index (χ2n) is 5.68. The molecule has 4 atom stereocenters. The topological polar surface area (TPSA) is 59.0 Å². The van der Waals surface area contributed by atoms with Crippen molar-refractivity contribution in [3.63, 3.8) is 0 Å². The lowest BCUT2D eigenvalue weighted by Gasteiger charge is -2.40. The van der Waals surface area contributed by atoms with Crippen LogP contribution in [0.5, 0.6) is 0 Å². The molecule has 0 amide bonds. The summed E-state index contributed by atoms with van der Waals surface area (Å²) in [6.07, 6.45) is -0.350. The fourth-order valence-electron chi connectivity index (χ4n) is 2.61. The van der Waals surface area contributed by atoms with Crippen molar-refractivity contribution in [3.8, 4) is 0 Å². The summed E-state index contributed by atoms with van der Waals surface area (Å²) in [6.45, 7) is 2.04. The van der Waals surface area contributed by atoms with E-state index in [4.69, 9.17) is 9.47 Å². The van der Waals surface area contributed by atoms with Gasteiger partial charge in [0.1, 0.15) is 6.61 Å². The van der Waals surface area contributed by atoms with Crippen molar-refractivity contribution in [2.45, 2.75) is 37.7 Å². The van der Waals surface area contributed by atoms with Gasteiger partial charge in [-0.1, -0.05) is 18.2 Å². The van der Waals surface area contributed by atoms with Gasteiger partial charge in [-0.25, -0.2) is 4.79 Å². The van der Waals surface area contributed by atoms with E-state index in [2.05, 4.69) is 0 Å². The van der Waals surface area contributed by atoms with E-state index in [0.717, 1.165) is 0 Å². The lowest BCUT2D eigenvalue weighted by molar-refractivity contribution is -0.151. The van der Waals surface area contributed by atoms with Crippen LogP contribution >= 0.6 is 0 Å². The Bertz CT molecular complexity index is 463. The zero-order valence-corrected chi connectivity index (χ0v) is 12.7. The van der Waals surface area contributed by atoms with Crippen LogP contribution in [0.3, 0.4) is 0 Å². The van der Waals surface area contributed by atoms with E-state index in [1.807, 2.05) is 32.0 Å². The molecule has 2 rings (SSSR count). The highest BCUT2D eigenvalue weighted by atomic mass is 16.6. The van der Waals surface area contributed by atoms with Gasteiger partial charge in [0.15, 0.2) is 0 Å². The van der Waals surface area contributed by atoms with Crippen LogP contribution in [-0.4, -0.2) is 61.0 Å². The minimum atomic E-state index is -0.527. The average molecular weight is 293 g/mol. The van der Waals surface area contributed by atoms with Crippen LogP contribution in [0, 0.1) is 0 Å². The van der Waals surface area contributed by atoms with E-state index >= 15 is 0 Å². The number of aliphatic hydroxyl groups excluding tert-OH is 1. The molecule has 0 aliphatic carbocycles. The number of hydrogen-bond acceptors (Lipinski definition) is 5. The molecule has 1 heterocycles. The van der Waals surface area contributed by atoms with Gasteiger partial charge in [0.2, 0.25) is 0 Å². The van der Waals surface area contributed by atoms with E-state index in [1.165, 1.54) is 0 Å². The van der Waals surface area contributed by atoms with Gasteiger partial charge in [-0.05, 0) is 39.6 Å². The number of aliphatic hydroxyl groups is 1. The molecule has 21 heavy (non-hydrogen) atoms. The summed E-state index contributed by atoms with van der Waals surface area (Å²) in [5.74, 6) is -0.348. The fraction of sp³-hybridized carbons (Fsp3) is 0.562. The standard InChI is InChI=1S/C16H23NO4/c1-11-15(18)14(17(2)3)9-13(21-11)10-20-16(19)12-7-5-4-6-8-12/h4-8,11,13-15,18H,9-10H2,1-3H3/t11-,13-,14?,15?/m0/s1. The van der Waals surface area contributed by atoms with Gasteiger partial charge in [0.05, 0.1) is 23.9 Å². The van der Waals surface area contributed by atoms with Gasteiger partial charge in [-0.3, -0.25) is 0 Å². The van der Waals surface area contributed by atoms with E-state index in [1.54, 1.807) is 24.3 Å². The number of carbonyl (C=O) groups is 1. The molecule has 1 aliphatic rings. The highest BCUT2D eigenvalue weighted by Gasteiger charge is 2.36. The third-order valence-electron chi connectivity index (χ3n) is 3.86. The normalized spacial score (nSPS) is 29.4. The molecule has 0 saturated carbocycles. The van der Waals surface area contributed by atoms with Crippen LogP contribution in [0.2, 0.25) is 0 Å². The van der Waals surface area contributed by atoms with Crippen LogP contribution in [0.4, 0.5) is 0 Å². The molecule has 116 valence electrons. The highest BCUT2D eigenvalue weighted by molar-refractivity contribution is 5.89. The lowest BCUT2D eigenvalue weighted by atomic mass is 9.95. The molecular formula is C16H23NO4. The summed E-state index contributed by atoms with van der Waals surface area (Å²) in [6, 6.07) is 8.90. The predicted octanol–water partition coefficient (Wildman–Crippen LogP) is 1.31. The summed E-state index contributed by atoms with van der Waals surface area (Å²) in [7, 11) is 3.86. The quantitative estimate of drug-likeness (QED) is 0.848. The zero-order valence-electron chi connectivity index (χ0n) is 12.7. The maximum Gasteiger partial charge on any atom is 0.338 e. The van der Waals surface area contributed by atoms with Crippen LogP contribution in [-0.2, 0) is 9.47 Å². The minimum Gasteiger partial charge on any atom is -0.459 e. The fourth-order valence-corrected chi connectivity index (χ4v) is 2.61. The number of likely N-dealkylation sites (N-methyl/N-ethyl adjacent to an activating group) is 1. The Morgan fingerprint density at radius 3 is 2.67 bits per heavy atom.